The maximum atomic E-state index is 12.3. The summed E-state index contributed by atoms with van der Waals surface area (Å²) in [6, 6.07) is 5.27. The summed E-state index contributed by atoms with van der Waals surface area (Å²) in [7, 11) is 0. The zero-order chi connectivity index (χ0) is 14.5. The monoisotopic (exact) mass is 291 g/mol. The van der Waals surface area contributed by atoms with Crippen LogP contribution in [0.1, 0.15) is 29.4 Å². The Labute approximate surface area is 122 Å². The van der Waals surface area contributed by atoms with Gasteiger partial charge in [-0.2, -0.15) is 5.26 Å². The van der Waals surface area contributed by atoms with E-state index in [2.05, 4.69) is 11.4 Å². The van der Waals surface area contributed by atoms with Gasteiger partial charge in [0, 0.05) is 13.1 Å². The lowest BCUT2D eigenvalue weighted by molar-refractivity contribution is -0.124. The highest BCUT2D eigenvalue weighted by Crippen LogP contribution is 2.22. The van der Waals surface area contributed by atoms with Gasteiger partial charge >= 0.3 is 0 Å². The van der Waals surface area contributed by atoms with Crippen molar-refractivity contribution in [3.8, 4) is 6.07 Å². The molecule has 5 nitrogen and oxygen atoms in total. The van der Waals surface area contributed by atoms with Crippen LogP contribution in [-0.2, 0) is 4.79 Å². The number of rotatable bonds is 4. The van der Waals surface area contributed by atoms with E-state index in [0.717, 1.165) is 6.42 Å². The fourth-order valence-electron chi connectivity index (χ4n) is 2.24. The predicted molar refractivity (Wildman–Crippen MR) is 76.2 cm³/mol. The van der Waals surface area contributed by atoms with E-state index < -0.39 is 6.04 Å². The lowest BCUT2D eigenvalue weighted by Gasteiger charge is -2.23. The van der Waals surface area contributed by atoms with Gasteiger partial charge in [0.05, 0.1) is 16.9 Å². The van der Waals surface area contributed by atoms with Gasteiger partial charge < -0.3 is 10.2 Å². The highest BCUT2D eigenvalue weighted by molar-refractivity contribution is 7.12. The third kappa shape index (κ3) is 3.17. The summed E-state index contributed by atoms with van der Waals surface area (Å²) in [5, 5.41) is 13.3. The van der Waals surface area contributed by atoms with Crippen molar-refractivity contribution in [2.45, 2.75) is 25.8 Å². The molecule has 20 heavy (non-hydrogen) atoms. The second-order valence-corrected chi connectivity index (χ2v) is 5.86. The van der Waals surface area contributed by atoms with Crippen LogP contribution >= 0.6 is 11.3 Å². The van der Waals surface area contributed by atoms with Gasteiger partial charge in [-0.1, -0.05) is 6.07 Å². The Morgan fingerprint density at radius 3 is 3.10 bits per heavy atom. The average molecular weight is 291 g/mol. The molecule has 0 aliphatic carbocycles. The number of amides is 2. The molecule has 1 aromatic heterocycles. The van der Waals surface area contributed by atoms with Crippen molar-refractivity contribution in [1.82, 2.24) is 10.2 Å². The molecule has 2 amide bonds. The number of carbonyl (C=O) groups excluding carboxylic acids is 2. The molecule has 0 aromatic carbocycles. The Morgan fingerprint density at radius 2 is 2.45 bits per heavy atom. The fraction of sp³-hybridized carbons (Fsp3) is 0.500. The third-order valence-corrected chi connectivity index (χ3v) is 4.21. The summed E-state index contributed by atoms with van der Waals surface area (Å²) in [6.07, 6.45) is 1.52. The van der Waals surface area contributed by atoms with E-state index in [4.69, 9.17) is 5.26 Å². The zero-order valence-electron chi connectivity index (χ0n) is 11.3. The largest absolute Gasteiger partial charge is 0.353 e. The Kier molecular flexibility index (Phi) is 4.74. The molecule has 106 valence electrons. The first-order valence-corrected chi connectivity index (χ1v) is 7.53. The molecule has 1 unspecified atom stereocenters. The summed E-state index contributed by atoms with van der Waals surface area (Å²) in [4.78, 5) is 26.8. The van der Waals surface area contributed by atoms with Gasteiger partial charge in [0.1, 0.15) is 6.04 Å². The standard InChI is InChI=1S/C14H17N3O2S/c1-10(8-15)9-16-13(18)11-4-2-6-17(11)14(19)12-5-3-7-20-12/h3,5,7,10-11H,2,4,6,9H2,1H3,(H,16,18)/t10?,11-/m0/s1. The Balaban J connectivity index is 1.99. The number of nitriles is 1. The minimum Gasteiger partial charge on any atom is -0.353 e. The van der Waals surface area contributed by atoms with Crippen LogP contribution in [0.15, 0.2) is 17.5 Å². The van der Waals surface area contributed by atoms with Crippen molar-refractivity contribution < 1.29 is 9.59 Å². The smallest absolute Gasteiger partial charge is 0.264 e. The number of likely N-dealkylation sites (tertiary alicyclic amines) is 1. The molecule has 2 rings (SSSR count). The van der Waals surface area contributed by atoms with Crippen LogP contribution < -0.4 is 5.32 Å². The van der Waals surface area contributed by atoms with Crippen LogP contribution in [0.5, 0.6) is 0 Å². The Morgan fingerprint density at radius 1 is 1.65 bits per heavy atom. The van der Waals surface area contributed by atoms with Crippen molar-refractivity contribution in [1.29, 1.82) is 5.26 Å². The van der Waals surface area contributed by atoms with E-state index >= 15 is 0 Å². The predicted octanol–water partition coefficient (Wildman–Crippen LogP) is 1.63. The van der Waals surface area contributed by atoms with Crippen LogP contribution in [0.25, 0.3) is 0 Å². The number of nitrogens with one attached hydrogen (secondary N) is 1. The molecule has 1 aliphatic rings. The topological polar surface area (TPSA) is 73.2 Å². The van der Waals surface area contributed by atoms with Crippen molar-refractivity contribution in [3.05, 3.63) is 22.4 Å². The Bertz CT molecular complexity index is 521. The van der Waals surface area contributed by atoms with Crippen LogP contribution in [0, 0.1) is 17.2 Å². The van der Waals surface area contributed by atoms with Crippen molar-refractivity contribution in [2.24, 2.45) is 5.92 Å². The quantitative estimate of drug-likeness (QED) is 0.916. The first-order valence-electron chi connectivity index (χ1n) is 6.65. The second kappa shape index (κ2) is 6.53. The number of carbonyl (C=O) groups is 2. The maximum absolute atomic E-state index is 12.3. The minimum absolute atomic E-state index is 0.0778. The number of nitrogens with zero attached hydrogens (tertiary/aromatic N) is 2. The molecule has 1 aliphatic heterocycles. The molecule has 6 heteroatoms. The van der Waals surface area contributed by atoms with Crippen LogP contribution in [0.3, 0.4) is 0 Å². The van der Waals surface area contributed by atoms with Gasteiger partial charge in [0.15, 0.2) is 0 Å². The molecular weight excluding hydrogens is 274 g/mol. The summed E-state index contributed by atoms with van der Waals surface area (Å²) >= 11 is 1.39. The SMILES string of the molecule is CC(C#N)CNC(=O)[C@@H]1CCCN1C(=O)c1cccs1. The normalized spacial score (nSPS) is 19.4. The number of hydrogen-bond acceptors (Lipinski definition) is 4. The molecular formula is C14H17N3O2S. The fourth-order valence-corrected chi connectivity index (χ4v) is 2.92. The zero-order valence-corrected chi connectivity index (χ0v) is 12.2. The first kappa shape index (κ1) is 14.5. The molecule has 1 fully saturated rings. The Hall–Kier alpha value is -1.87. The summed E-state index contributed by atoms with van der Waals surface area (Å²) in [6.45, 7) is 2.69. The molecule has 2 heterocycles. The molecule has 1 aromatic rings. The van der Waals surface area contributed by atoms with Gasteiger partial charge in [-0.25, -0.2) is 0 Å². The summed E-state index contributed by atoms with van der Waals surface area (Å²) in [5.74, 6) is -0.456. The number of hydrogen-bond donors (Lipinski definition) is 1. The van der Waals surface area contributed by atoms with Crippen LogP contribution in [0.2, 0.25) is 0 Å². The molecule has 1 saturated heterocycles. The molecule has 2 atom stereocenters. The van der Waals surface area contributed by atoms with Gasteiger partial charge in [-0.15, -0.1) is 11.3 Å². The summed E-state index contributed by atoms with van der Waals surface area (Å²) in [5.41, 5.74) is 0. The molecule has 1 N–H and O–H groups in total. The van der Waals surface area contributed by atoms with E-state index in [0.29, 0.717) is 24.4 Å². The van der Waals surface area contributed by atoms with Gasteiger partial charge in [0.2, 0.25) is 5.91 Å². The lowest BCUT2D eigenvalue weighted by Crippen LogP contribution is -2.46. The molecule has 0 bridgehead atoms. The van der Waals surface area contributed by atoms with Gasteiger partial charge in [0.25, 0.3) is 5.91 Å². The van der Waals surface area contributed by atoms with E-state index in [1.54, 1.807) is 17.9 Å². The third-order valence-electron chi connectivity index (χ3n) is 3.35. The molecule has 0 radical (unpaired) electrons. The van der Waals surface area contributed by atoms with E-state index in [9.17, 15) is 9.59 Å². The van der Waals surface area contributed by atoms with Crippen molar-refractivity contribution in [2.75, 3.05) is 13.1 Å². The highest BCUT2D eigenvalue weighted by Gasteiger charge is 2.34. The second-order valence-electron chi connectivity index (χ2n) is 4.91. The van der Waals surface area contributed by atoms with Crippen LogP contribution in [-0.4, -0.2) is 35.8 Å². The lowest BCUT2D eigenvalue weighted by atomic mass is 10.1. The molecule has 0 spiro atoms. The summed E-state index contributed by atoms with van der Waals surface area (Å²) < 4.78 is 0. The molecule has 0 saturated carbocycles. The van der Waals surface area contributed by atoms with E-state index in [-0.39, 0.29) is 17.7 Å². The van der Waals surface area contributed by atoms with E-state index in [1.807, 2.05) is 11.4 Å². The van der Waals surface area contributed by atoms with Gasteiger partial charge in [-0.3, -0.25) is 9.59 Å². The van der Waals surface area contributed by atoms with E-state index in [1.165, 1.54) is 11.3 Å². The highest BCUT2D eigenvalue weighted by atomic mass is 32.1. The van der Waals surface area contributed by atoms with Crippen LogP contribution in [0.4, 0.5) is 0 Å². The van der Waals surface area contributed by atoms with Gasteiger partial charge in [-0.05, 0) is 31.2 Å². The average Bonchev–Trinajstić information content (AvgIpc) is 3.13. The van der Waals surface area contributed by atoms with Crippen molar-refractivity contribution >= 4 is 23.2 Å². The number of thiophene rings is 1. The first-order chi connectivity index (χ1) is 9.63. The van der Waals surface area contributed by atoms with Crippen molar-refractivity contribution in [3.63, 3.8) is 0 Å². The maximum Gasteiger partial charge on any atom is 0.264 e. The minimum atomic E-state index is -0.407.